The molecule has 7 nitrogen and oxygen atoms in total. The highest BCUT2D eigenvalue weighted by molar-refractivity contribution is 7.17. The molecular formula is C20H19N5O2S. The fraction of sp³-hybridized carbons (Fsp3) is 0.150. The Morgan fingerprint density at radius 3 is 2.79 bits per heavy atom. The Morgan fingerprint density at radius 1 is 1.18 bits per heavy atom. The monoisotopic (exact) mass is 393 g/mol. The maximum absolute atomic E-state index is 12.4. The van der Waals surface area contributed by atoms with Crippen LogP contribution in [0.1, 0.15) is 16.1 Å². The third kappa shape index (κ3) is 3.81. The van der Waals surface area contributed by atoms with Gasteiger partial charge in [-0.2, -0.15) is 5.10 Å². The molecule has 0 unspecified atom stereocenters. The number of carbonyl (C=O) groups excluding carboxylic acids is 2. The number of fused-ring (bicyclic) bond motifs is 1. The van der Waals surface area contributed by atoms with Crippen LogP contribution in [0, 0.1) is 0 Å². The summed E-state index contributed by atoms with van der Waals surface area (Å²) < 4.78 is 4.62. The van der Waals surface area contributed by atoms with Crippen molar-refractivity contribution in [2.45, 2.75) is 6.54 Å². The Kier molecular flexibility index (Phi) is 4.94. The molecule has 8 heteroatoms. The second-order valence-electron chi connectivity index (χ2n) is 6.40. The zero-order chi connectivity index (χ0) is 19.5. The van der Waals surface area contributed by atoms with Crippen LogP contribution in [0.15, 0.2) is 60.2 Å². The zero-order valence-electron chi connectivity index (χ0n) is 15.3. The van der Waals surface area contributed by atoms with Gasteiger partial charge in [0.2, 0.25) is 5.91 Å². The van der Waals surface area contributed by atoms with Crippen LogP contribution in [-0.4, -0.2) is 32.7 Å². The molecule has 0 radical (unpaired) electrons. The van der Waals surface area contributed by atoms with Crippen molar-refractivity contribution < 1.29 is 9.59 Å². The lowest BCUT2D eigenvalue weighted by atomic mass is 10.2. The van der Waals surface area contributed by atoms with Crippen molar-refractivity contribution >= 4 is 39.1 Å². The fourth-order valence-corrected chi connectivity index (χ4v) is 3.86. The van der Waals surface area contributed by atoms with Crippen molar-refractivity contribution in [3.63, 3.8) is 0 Å². The number of aromatic nitrogens is 3. The number of nitrogens with zero attached hydrogens (tertiary/aromatic N) is 3. The van der Waals surface area contributed by atoms with Gasteiger partial charge < -0.3 is 15.2 Å². The largest absolute Gasteiger partial charge is 0.342 e. The maximum Gasteiger partial charge on any atom is 0.268 e. The highest BCUT2D eigenvalue weighted by Crippen LogP contribution is 2.23. The van der Waals surface area contributed by atoms with Crippen LogP contribution in [-0.2, 0) is 18.4 Å². The van der Waals surface area contributed by atoms with E-state index in [2.05, 4.69) is 15.7 Å². The summed E-state index contributed by atoms with van der Waals surface area (Å²) in [6, 6.07) is 13.7. The normalized spacial score (nSPS) is 10.9. The highest BCUT2D eigenvalue weighted by atomic mass is 32.1. The van der Waals surface area contributed by atoms with Crippen molar-refractivity contribution in [1.82, 2.24) is 19.7 Å². The first-order chi connectivity index (χ1) is 13.6. The van der Waals surface area contributed by atoms with Gasteiger partial charge in [0.15, 0.2) is 0 Å². The Morgan fingerprint density at radius 2 is 2.00 bits per heavy atom. The number of aryl methyl sites for hydroxylation is 1. The third-order valence-corrected chi connectivity index (χ3v) is 5.26. The molecular weight excluding hydrogens is 374 g/mol. The number of hydrogen-bond acceptors (Lipinski definition) is 4. The number of rotatable bonds is 6. The van der Waals surface area contributed by atoms with Crippen LogP contribution in [0.4, 0.5) is 5.69 Å². The molecule has 1 aromatic carbocycles. The number of thiophene rings is 1. The second kappa shape index (κ2) is 7.69. The smallest absolute Gasteiger partial charge is 0.268 e. The fourth-order valence-electron chi connectivity index (χ4n) is 3.01. The predicted molar refractivity (Wildman–Crippen MR) is 110 cm³/mol. The first-order valence-corrected chi connectivity index (χ1v) is 9.65. The third-order valence-electron chi connectivity index (χ3n) is 4.41. The van der Waals surface area contributed by atoms with Gasteiger partial charge >= 0.3 is 0 Å². The van der Waals surface area contributed by atoms with E-state index in [0.29, 0.717) is 17.9 Å². The van der Waals surface area contributed by atoms with Crippen molar-refractivity contribution in [1.29, 1.82) is 0 Å². The molecule has 2 amide bonds. The minimum Gasteiger partial charge on any atom is -0.342 e. The first kappa shape index (κ1) is 18.0. The molecule has 3 heterocycles. The van der Waals surface area contributed by atoms with Gasteiger partial charge in [0.25, 0.3) is 5.91 Å². The van der Waals surface area contributed by atoms with Crippen LogP contribution in [0.2, 0.25) is 0 Å². The molecule has 142 valence electrons. The Labute approximate surface area is 165 Å². The first-order valence-electron chi connectivity index (χ1n) is 8.77. The molecule has 0 aliphatic carbocycles. The second-order valence-corrected chi connectivity index (χ2v) is 7.35. The molecule has 28 heavy (non-hydrogen) atoms. The molecule has 0 spiro atoms. The molecule has 2 N–H and O–H groups in total. The van der Waals surface area contributed by atoms with E-state index < -0.39 is 0 Å². The van der Waals surface area contributed by atoms with E-state index in [9.17, 15) is 9.59 Å². The van der Waals surface area contributed by atoms with Crippen LogP contribution in [0.25, 0.3) is 10.2 Å². The molecule has 0 aliphatic heterocycles. The van der Waals surface area contributed by atoms with E-state index in [1.807, 2.05) is 59.5 Å². The summed E-state index contributed by atoms with van der Waals surface area (Å²) in [5, 5.41) is 11.6. The lowest BCUT2D eigenvalue weighted by molar-refractivity contribution is -0.115. The Hall–Kier alpha value is -3.39. The zero-order valence-corrected chi connectivity index (χ0v) is 16.1. The number of amides is 2. The number of hydrogen-bond donors (Lipinski definition) is 2. The number of benzene rings is 1. The van der Waals surface area contributed by atoms with Gasteiger partial charge in [-0.25, -0.2) is 0 Å². The minimum absolute atomic E-state index is 0.110. The van der Waals surface area contributed by atoms with Gasteiger partial charge in [-0.05, 0) is 23.1 Å². The summed E-state index contributed by atoms with van der Waals surface area (Å²) in [7, 11) is 1.84. The van der Waals surface area contributed by atoms with Crippen molar-refractivity contribution in [3.05, 3.63) is 71.5 Å². The molecule has 0 fully saturated rings. The van der Waals surface area contributed by atoms with E-state index in [1.165, 1.54) is 0 Å². The van der Waals surface area contributed by atoms with Gasteiger partial charge in [-0.1, -0.05) is 30.3 Å². The molecule has 4 aromatic rings. The van der Waals surface area contributed by atoms with Gasteiger partial charge in [0, 0.05) is 13.2 Å². The van der Waals surface area contributed by atoms with Crippen LogP contribution in [0.5, 0.6) is 0 Å². The number of anilines is 1. The molecule has 0 saturated heterocycles. The molecule has 0 aliphatic rings. The van der Waals surface area contributed by atoms with E-state index in [-0.39, 0.29) is 18.4 Å². The van der Waals surface area contributed by atoms with Crippen molar-refractivity contribution in [3.8, 4) is 0 Å². The SMILES string of the molecule is Cn1c(C(=O)NCC(=O)Nc2cnn(Cc3ccccc3)c2)cc2sccc21. The Balaban J connectivity index is 1.31. The molecule has 0 atom stereocenters. The highest BCUT2D eigenvalue weighted by Gasteiger charge is 2.15. The average Bonchev–Trinajstić information content (AvgIpc) is 3.39. The number of nitrogens with one attached hydrogen (secondary N) is 2. The summed E-state index contributed by atoms with van der Waals surface area (Å²) >= 11 is 1.58. The maximum atomic E-state index is 12.4. The van der Waals surface area contributed by atoms with Gasteiger partial charge in [0.1, 0.15) is 5.69 Å². The minimum atomic E-state index is -0.302. The summed E-state index contributed by atoms with van der Waals surface area (Å²) in [5.41, 5.74) is 3.25. The Bertz CT molecular complexity index is 1130. The van der Waals surface area contributed by atoms with E-state index in [1.54, 1.807) is 28.4 Å². The number of carbonyl (C=O) groups is 2. The van der Waals surface area contributed by atoms with Crippen LogP contribution < -0.4 is 10.6 Å². The molecule has 0 bridgehead atoms. The van der Waals surface area contributed by atoms with Crippen LogP contribution in [0.3, 0.4) is 0 Å². The lowest BCUT2D eigenvalue weighted by Crippen LogP contribution is -2.33. The predicted octanol–water partition coefficient (Wildman–Crippen LogP) is 2.85. The standard InChI is InChI=1S/C20H19N5O2S/c1-24-16-7-8-28-18(16)9-17(24)20(27)21-11-19(26)23-15-10-22-25(13-15)12-14-5-3-2-4-6-14/h2-10,13H,11-12H2,1H3,(H,21,27)(H,23,26). The summed E-state index contributed by atoms with van der Waals surface area (Å²) in [6.45, 7) is 0.513. The van der Waals surface area contributed by atoms with Crippen molar-refractivity contribution in [2.24, 2.45) is 7.05 Å². The topological polar surface area (TPSA) is 81.0 Å². The van der Waals surface area contributed by atoms with E-state index >= 15 is 0 Å². The summed E-state index contributed by atoms with van der Waals surface area (Å²) in [6.07, 6.45) is 3.35. The molecule has 3 aromatic heterocycles. The summed E-state index contributed by atoms with van der Waals surface area (Å²) in [5.74, 6) is -0.579. The molecule has 0 saturated carbocycles. The lowest BCUT2D eigenvalue weighted by Gasteiger charge is -2.06. The quantitative estimate of drug-likeness (QED) is 0.529. The van der Waals surface area contributed by atoms with Crippen molar-refractivity contribution in [2.75, 3.05) is 11.9 Å². The van der Waals surface area contributed by atoms with Gasteiger partial charge in [-0.3, -0.25) is 14.3 Å². The van der Waals surface area contributed by atoms with Crippen LogP contribution >= 0.6 is 11.3 Å². The molecule has 4 rings (SSSR count). The van der Waals surface area contributed by atoms with Gasteiger partial charge in [-0.15, -0.1) is 11.3 Å². The average molecular weight is 393 g/mol. The van der Waals surface area contributed by atoms with E-state index in [4.69, 9.17) is 0 Å². The summed E-state index contributed by atoms with van der Waals surface area (Å²) in [4.78, 5) is 24.5. The van der Waals surface area contributed by atoms with Gasteiger partial charge in [0.05, 0.1) is 35.2 Å². The van der Waals surface area contributed by atoms with E-state index in [0.717, 1.165) is 15.8 Å².